The molecule has 1 aromatic heterocycles. The Balaban J connectivity index is 2.82. The van der Waals surface area contributed by atoms with E-state index in [0.717, 1.165) is 11.7 Å². The molecule has 72 valence electrons. The second-order valence-corrected chi connectivity index (χ2v) is 3.55. The monoisotopic (exact) mass is 254 g/mol. The zero-order valence-corrected chi connectivity index (χ0v) is 9.00. The van der Waals surface area contributed by atoms with Crippen LogP contribution in [0.5, 0.6) is 5.75 Å². The van der Waals surface area contributed by atoms with Crippen LogP contribution in [-0.2, 0) is 0 Å². The van der Waals surface area contributed by atoms with Crippen LogP contribution in [0.3, 0.4) is 0 Å². The maximum atomic E-state index is 10.7. The van der Waals surface area contributed by atoms with Gasteiger partial charge in [0.25, 0.3) is 0 Å². The Kier molecular flexibility index (Phi) is 2.29. The lowest BCUT2D eigenvalue weighted by Crippen LogP contribution is -1.89. The van der Waals surface area contributed by atoms with Crippen molar-refractivity contribution in [3.63, 3.8) is 0 Å². The summed E-state index contributed by atoms with van der Waals surface area (Å²) in [6, 6.07) is 5.19. The highest BCUT2D eigenvalue weighted by atomic mass is 79.9. The van der Waals surface area contributed by atoms with Crippen LogP contribution in [0.1, 0.15) is 10.4 Å². The van der Waals surface area contributed by atoms with Crippen molar-refractivity contribution in [2.45, 2.75) is 0 Å². The van der Waals surface area contributed by atoms with Crippen molar-refractivity contribution in [2.24, 2.45) is 0 Å². The van der Waals surface area contributed by atoms with E-state index < -0.39 is 0 Å². The van der Waals surface area contributed by atoms with Gasteiger partial charge in [0.2, 0.25) is 0 Å². The van der Waals surface area contributed by atoms with E-state index in [4.69, 9.17) is 9.15 Å². The van der Waals surface area contributed by atoms with E-state index in [-0.39, 0.29) is 0 Å². The minimum absolute atomic E-state index is 0.522. The summed E-state index contributed by atoms with van der Waals surface area (Å²) in [6.07, 6.45) is 0.763. The average molecular weight is 255 g/mol. The van der Waals surface area contributed by atoms with Gasteiger partial charge in [0, 0.05) is 6.07 Å². The smallest absolute Gasteiger partial charge is 0.170 e. The second-order valence-electron chi connectivity index (χ2n) is 2.77. The Hall–Kier alpha value is -1.29. The van der Waals surface area contributed by atoms with Crippen molar-refractivity contribution in [3.05, 3.63) is 28.4 Å². The molecule has 0 radical (unpaired) electrons. The van der Waals surface area contributed by atoms with Crippen LogP contribution in [0.4, 0.5) is 0 Å². The van der Waals surface area contributed by atoms with Crippen LogP contribution >= 0.6 is 15.9 Å². The summed E-state index contributed by atoms with van der Waals surface area (Å²) in [6.45, 7) is 0. The van der Waals surface area contributed by atoms with Gasteiger partial charge >= 0.3 is 0 Å². The molecule has 2 aromatic rings. The van der Waals surface area contributed by atoms with Crippen LogP contribution in [0.25, 0.3) is 11.0 Å². The first kappa shape index (κ1) is 9.27. The van der Waals surface area contributed by atoms with Crippen molar-refractivity contribution in [3.8, 4) is 5.75 Å². The summed E-state index contributed by atoms with van der Waals surface area (Å²) >= 11 is 3.22. The highest BCUT2D eigenvalue weighted by Crippen LogP contribution is 2.33. The lowest BCUT2D eigenvalue weighted by molar-refractivity contribution is 0.112. The number of hydrogen-bond donors (Lipinski definition) is 0. The molecule has 1 heterocycles. The Labute approximate surface area is 88.8 Å². The zero-order chi connectivity index (χ0) is 10.1. The number of carbonyl (C=O) groups excluding carboxylic acids is 1. The molecule has 0 saturated carbocycles. The minimum Gasteiger partial charge on any atom is -0.495 e. The van der Waals surface area contributed by atoms with Gasteiger partial charge in [-0.1, -0.05) is 0 Å². The summed E-state index contributed by atoms with van der Waals surface area (Å²) in [5, 5.41) is 0.795. The van der Waals surface area contributed by atoms with Crippen molar-refractivity contribution in [1.82, 2.24) is 0 Å². The van der Waals surface area contributed by atoms with Gasteiger partial charge in [0.1, 0.15) is 11.3 Å². The van der Waals surface area contributed by atoms with E-state index in [2.05, 4.69) is 15.9 Å². The first-order valence-corrected chi connectivity index (χ1v) is 4.77. The van der Waals surface area contributed by atoms with Crippen molar-refractivity contribution < 1.29 is 13.9 Å². The van der Waals surface area contributed by atoms with Crippen molar-refractivity contribution in [2.75, 3.05) is 7.11 Å². The van der Waals surface area contributed by atoms with Gasteiger partial charge in [-0.15, -0.1) is 0 Å². The number of methoxy groups -OCH3 is 1. The fourth-order valence-electron chi connectivity index (χ4n) is 1.39. The molecular formula is C10H7BrO3. The van der Waals surface area contributed by atoms with Crippen LogP contribution in [0.2, 0.25) is 0 Å². The average Bonchev–Trinajstić information content (AvgIpc) is 2.56. The first-order chi connectivity index (χ1) is 6.76. The number of fused-ring (bicyclic) bond motifs is 1. The topological polar surface area (TPSA) is 39.4 Å². The number of ether oxygens (including phenoxy) is 1. The maximum Gasteiger partial charge on any atom is 0.170 e. The fraction of sp³-hybridized carbons (Fsp3) is 0.100. The molecule has 0 aliphatic rings. The highest BCUT2D eigenvalue weighted by molar-refractivity contribution is 9.10. The van der Waals surface area contributed by atoms with E-state index in [9.17, 15) is 4.79 Å². The molecule has 0 atom stereocenters. The second kappa shape index (κ2) is 3.46. The molecule has 4 heteroatoms. The third-order valence-electron chi connectivity index (χ3n) is 1.98. The third-order valence-corrected chi connectivity index (χ3v) is 2.37. The number of rotatable bonds is 2. The molecule has 0 N–H and O–H groups in total. The molecule has 3 nitrogen and oxygen atoms in total. The molecule has 0 aliphatic carbocycles. The SMILES string of the molecule is COc1c(C=O)ccc2oc(Br)cc12. The Morgan fingerprint density at radius 2 is 2.29 bits per heavy atom. The van der Waals surface area contributed by atoms with E-state index in [1.807, 2.05) is 0 Å². The van der Waals surface area contributed by atoms with Crippen molar-refractivity contribution in [1.29, 1.82) is 0 Å². The summed E-state index contributed by atoms with van der Waals surface area (Å²) in [7, 11) is 1.53. The first-order valence-electron chi connectivity index (χ1n) is 3.97. The van der Waals surface area contributed by atoms with Gasteiger partial charge in [-0.05, 0) is 28.1 Å². The van der Waals surface area contributed by atoms with Crippen LogP contribution in [0, 0.1) is 0 Å². The van der Waals surface area contributed by atoms with Gasteiger partial charge < -0.3 is 9.15 Å². The summed E-state index contributed by atoms with van der Waals surface area (Å²) in [4.78, 5) is 10.7. The molecular weight excluding hydrogens is 248 g/mol. The lowest BCUT2D eigenvalue weighted by atomic mass is 10.1. The predicted molar refractivity (Wildman–Crippen MR) is 55.9 cm³/mol. The standard InChI is InChI=1S/C10H7BrO3/c1-13-10-6(5-12)2-3-8-7(10)4-9(11)14-8/h2-5H,1H3. The van der Waals surface area contributed by atoms with E-state index in [1.54, 1.807) is 18.2 Å². The van der Waals surface area contributed by atoms with Gasteiger partial charge in [0.05, 0.1) is 18.1 Å². The molecule has 0 spiro atoms. The molecule has 0 fully saturated rings. The molecule has 14 heavy (non-hydrogen) atoms. The summed E-state index contributed by atoms with van der Waals surface area (Å²) in [5.74, 6) is 0.548. The van der Waals surface area contributed by atoms with E-state index in [0.29, 0.717) is 21.6 Å². The third kappa shape index (κ3) is 1.32. The quantitative estimate of drug-likeness (QED) is 0.774. The van der Waals surface area contributed by atoms with Crippen LogP contribution in [0.15, 0.2) is 27.3 Å². The lowest BCUT2D eigenvalue weighted by Gasteiger charge is -2.02. The maximum absolute atomic E-state index is 10.7. The molecule has 0 saturated heterocycles. The summed E-state index contributed by atoms with van der Waals surface area (Å²) in [5.41, 5.74) is 1.22. The Bertz CT molecular complexity index is 487. The number of carbonyl (C=O) groups is 1. The van der Waals surface area contributed by atoms with E-state index in [1.165, 1.54) is 7.11 Å². The number of benzene rings is 1. The van der Waals surface area contributed by atoms with Gasteiger partial charge in [0.15, 0.2) is 11.0 Å². The molecule has 0 unspecified atom stereocenters. The van der Waals surface area contributed by atoms with Crippen LogP contribution in [-0.4, -0.2) is 13.4 Å². The predicted octanol–water partition coefficient (Wildman–Crippen LogP) is 3.02. The van der Waals surface area contributed by atoms with Gasteiger partial charge in [-0.25, -0.2) is 0 Å². The number of hydrogen-bond acceptors (Lipinski definition) is 3. The van der Waals surface area contributed by atoms with Crippen molar-refractivity contribution >= 4 is 33.2 Å². The Morgan fingerprint density at radius 1 is 1.50 bits per heavy atom. The number of aldehydes is 1. The normalized spacial score (nSPS) is 10.4. The van der Waals surface area contributed by atoms with Gasteiger partial charge in [-0.3, -0.25) is 4.79 Å². The zero-order valence-electron chi connectivity index (χ0n) is 7.41. The number of furan rings is 1. The minimum atomic E-state index is 0.522. The molecule has 0 amide bonds. The molecule has 0 bridgehead atoms. The largest absolute Gasteiger partial charge is 0.495 e. The number of halogens is 1. The summed E-state index contributed by atoms with van der Waals surface area (Å²) < 4.78 is 11.1. The Morgan fingerprint density at radius 3 is 2.93 bits per heavy atom. The fourth-order valence-corrected chi connectivity index (χ4v) is 1.80. The molecule has 2 rings (SSSR count). The highest BCUT2D eigenvalue weighted by Gasteiger charge is 2.11. The van der Waals surface area contributed by atoms with Gasteiger partial charge in [-0.2, -0.15) is 0 Å². The van der Waals surface area contributed by atoms with E-state index >= 15 is 0 Å². The molecule has 1 aromatic carbocycles. The molecule has 0 aliphatic heterocycles. The van der Waals surface area contributed by atoms with Crippen LogP contribution < -0.4 is 4.74 Å².